The SMILES string of the molecule is CC(C)(C)OC(=O)N1CCCC[C@H]1C1=NC=C(c2ccc3c(c2)Oc2ccc(-c4cnc([C@@H]5CCCCN5C(=O)OC(C)(C)C)[nH]4)cc2O3)C1.COC(=O)N[C@H](C(=O)N1CCCC[C@H]1C1=NC=C(c2ccc3c(c2)Oc2ccc(-c4cnc([C@@H]5CCCCN5C(=O)[C@@H](C)C(C)C)[nH]4)cc2O3)C1)C(C)C. The van der Waals surface area contributed by atoms with Crippen molar-refractivity contribution < 1.29 is 57.1 Å². The molecule has 2 aromatic heterocycles. The van der Waals surface area contributed by atoms with E-state index in [-0.39, 0.29) is 65.9 Å². The molecule has 6 atom stereocenters. The number of nitrogens with one attached hydrogen (secondary N) is 3. The molecule has 6 aromatic rings. The molecule has 0 unspecified atom stereocenters. The second-order valence-electron chi connectivity index (χ2n) is 31.2. The van der Waals surface area contributed by atoms with E-state index in [9.17, 15) is 24.0 Å². The van der Waals surface area contributed by atoms with Crippen LogP contribution in [0.4, 0.5) is 14.4 Å². The Bertz CT molecular complexity index is 4360. The van der Waals surface area contributed by atoms with Gasteiger partial charge < -0.3 is 58.2 Å². The number of alkyl carbamates (subject to hydrolysis) is 1. The highest BCUT2D eigenvalue weighted by Gasteiger charge is 2.41. The van der Waals surface area contributed by atoms with Gasteiger partial charge in [-0.05, 0) is 213 Å². The number of H-pyrrole nitrogens is 2. The van der Waals surface area contributed by atoms with Crippen LogP contribution >= 0.6 is 0 Å². The van der Waals surface area contributed by atoms with Crippen molar-refractivity contribution in [1.29, 1.82) is 0 Å². The van der Waals surface area contributed by atoms with Gasteiger partial charge in [0, 0.05) is 79.9 Å². The lowest BCUT2D eigenvalue weighted by molar-refractivity contribution is -0.140. The van der Waals surface area contributed by atoms with E-state index in [1.807, 2.05) is 168 Å². The summed E-state index contributed by atoms with van der Waals surface area (Å²) in [5.74, 6) is 6.74. The number of carbonyl (C=O) groups excluding carboxylic acids is 5. The molecule has 23 nitrogen and oxygen atoms in total. The fourth-order valence-electron chi connectivity index (χ4n) is 14.9. The normalized spacial score (nSPS) is 20.6. The predicted molar refractivity (Wildman–Crippen MR) is 397 cm³/mol. The molecule has 0 bridgehead atoms. The molecule has 0 spiro atoms. The van der Waals surface area contributed by atoms with Crippen molar-refractivity contribution in [3.05, 3.63) is 120 Å². The molecule has 0 aliphatic carbocycles. The lowest BCUT2D eigenvalue weighted by Crippen LogP contribution is -2.56. The van der Waals surface area contributed by atoms with E-state index in [1.54, 1.807) is 11.1 Å². The second kappa shape index (κ2) is 30.4. The maximum absolute atomic E-state index is 13.7. The molecule has 5 amide bonds. The summed E-state index contributed by atoms with van der Waals surface area (Å²) in [7, 11) is 1.30. The van der Waals surface area contributed by atoms with Crippen LogP contribution in [0.3, 0.4) is 0 Å². The van der Waals surface area contributed by atoms with E-state index in [0.29, 0.717) is 78.5 Å². The molecule has 104 heavy (non-hydrogen) atoms. The molecule has 0 radical (unpaired) electrons. The number of aromatic amines is 2. The quantitative estimate of drug-likeness (QED) is 0.0908. The van der Waals surface area contributed by atoms with E-state index in [1.165, 1.54) is 7.11 Å². The Hall–Kier alpha value is -9.93. The van der Waals surface area contributed by atoms with E-state index in [4.69, 9.17) is 48.1 Å². The van der Waals surface area contributed by atoms with Crippen LogP contribution < -0.4 is 24.3 Å². The molecule has 10 heterocycles. The fourth-order valence-corrected chi connectivity index (χ4v) is 14.9. The van der Waals surface area contributed by atoms with E-state index >= 15 is 0 Å². The largest absolute Gasteiger partial charge is 0.453 e. The number of amides is 5. The Morgan fingerprint density at radius 3 is 1.24 bits per heavy atom. The minimum absolute atomic E-state index is 0.0379. The van der Waals surface area contributed by atoms with E-state index < -0.39 is 23.3 Å². The van der Waals surface area contributed by atoms with Gasteiger partial charge in [-0.2, -0.15) is 0 Å². The van der Waals surface area contributed by atoms with Crippen molar-refractivity contribution >= 4 is 52.7 Å². The zero-order chi connectivity index (χ0) is 73.3. The Morgan fingerprint density at radius 2 is 0.837 bits per heavy atom. The number of rotatable bonds is 13. The van der Waals surface area contributed by atoms with Crippen LogP contribution in [0.25, 0.3) is 33.7 Å². The summed E-state index contributed by atoms with van der Waals surface area (Å²) in [6.45, 7) is 24.1. The molecule has 0 saturated carbocycles. The summed E-state index contributed by atoms with van der Waals surface area (Å²) >= 11 is 0. The maximum Gasteiger partial charge on any atom is 0.410 e. The average molecular weight is 1420 g/mol. The highest BCUT2D eigenvalue weighted by Crippen LogP contribution is 2.50. The van der Waals surface area contributed by atoms with Crippen LogP contribution in [0.2, 0.25) is 0 Å². The third-order valence-electron chi connectivity index (χ3n) is 20.7. The van der Waals surface area contributed by atoms with Gasteiger partial charge in [0.2, 0.25) is 11.8 Å². The highest BCUT2D eigenvalue weighted by atomic mass is 16.6. The molecule has 23 heteroatoms. The molecule has 4 fully saturated rings. The smallest absolute Gasteiger partial charge is 0.410 e. The third kappa shape index (κ3) is 16.1. The summed E-state index contributed by atoms with van der Waals surface area (Å²) < 4.78 is 41.6. The van der Waals surface area contributed by atoms with Crippen LogP contribution in [0.5, 0.6) is 46.0 Å². The van der Waals surface area contributed by atoms with Crippen LogP contribution in [0, 0.1) is 17.8 Å². The Labute approximate surface area is 609 Å². The van der Waals surface area contributed by atoms with Gasteiger partial charge in [0.1, 0.15) is 28.9 Å². The minimum Gasteiger partial charge on any atom is -0.453 e. The van der Waals surface area contributed by atoms with Gasteiger partial charge in [0.25, 0.3) is 0 Å². The van der Waals surface area contributed by atoms with Crippen molar-refractivity contribution in [2.45, 2.75) is 207 Å². The Kier molecular flexibility index (Phi) is 21.2. The summed E-state index contributed by atoms with van der Waals surface area (Å²) in [5.41, 5.74) is 8.40. The van der Waals surface area contributed by atoms with Crippen LogP contribution in [-0.2, 0) is 23.8 Å². The van der Waals surface area contributed by atoms with Gasteiger partial charge in [0.05, 0.1) is 55.1 Å². The number of hydrogen-bond donors (Lipinski definition) is 3. The first kappa shape index (κ1) is 72.4. The first-order valence-electron chi connectivity index (χ1n) is 37.2. The lowest BCUT2D eigenvalue weighted by atomic mass is 9.91. The van der Waals surface area contributed by atoms with Crippen LogP contribution in [0.15, 0.2) is 108 Å². The summed E-state index contributed by atoms with van der Waals surface area (Å²) in [4.78, 5) is 98.7. The van der Waals surface area contributed by atoms with Gasteiger partial charge in [-0.3, -0.25) is 29.4 Å². The van der Waals surface area contributed by atoms with Crippen molar-refractivity contribution in [1.82, 2.24) is 44.9 Å². The van der Waals surface area contributed by atoms with Crippen molar-refractivity contribution in [3.8, 4) is 68.5 Å². The number of nitrogens with zero attached hydrogens (tertiary/aromatic N) is 8. The predicted octanol–water partition coefficient (Wildman–Crippen LogP) is 17.7. The zero-order valence-electron chi connectivity index (χ0n) is 62.1. The number of fused-ring (bicyclic) bond motifs is 4. The first-order chi connectivity index (χ1) is 49.8. The molecule has 550 valence electrons. The van der Waals surface area contributed by atoms with Crippen LogP contribution in [0.1, 0.15) is 201 Å². The standard InChI is InChI=1S/C42H52N6O6.C39H47N5O6/c1-24(2)26(5)40(49)48-18-10-8-12-33(48)39-44-23-31(45-39)28-14-16-35-37(21-28)54-34-15-13-27(20-36(34)53-35)29-19-30(43-22-29)32-11-7-9-17-47(32)41(50)38(25(3)4)46-42(51)52-6;1-38(2,3)49-36(45)43-17-9-7-11-29(43)27-19-26(22-40-27)24-13-15-31-33(20-24)47-32-16-14-25(21-34(32)48-31)28-23-41-35(42-28)30-12-8-10-18-44(30)37(46)50-39(4,5)6/h13-16,20-26,32-33,38H,7-12,17-19H2,1-6H3,(H,44,45)(H,46,51);13-16,20-23,29-30H,7-12,17-19H2,1-6H3,(H,41,42)/t26-,32-,33-,38-;29-,30-/m00/s1. The molecule has 4 aromatic carbocycles. The molecule has 8 aliphatic rings. The molecule has 8 aliphatic heterocycles. The monoisotopic (exact) mass is 1420 g/mol. The van der Waals surface area contributed by atoms with E-state index in [0.717, 1.165) is 151 Å². The summed E-state index contributed by atoms with van der Waals surface area (Å²) in [6.07, 6.45) is 18.9. The number of benzene rings is 4. The number of methoxy groups -OCH3 is 1. The third-order valence-corrected chi connectivity index (χ3v) is 20.7. The fraction of sp³-hybridized carbons (Fsp3) is 0.494. The summed E-state index contributed by atoms with van der Waals surface area (Å²) in [5, 5.41) is 2.73. The lowest BCUT2D eigenvalue weighted by Gasteiger charge is -2.39. The van der Waals surface area contributed by atoms with Crippen molar-refractivity contribution in [2.24, 2.45) is 27.7 Å². The number of allylic oxidation sites excluding steroid dienone is 2. The number of hydrogen-bond acceptors (Lipinski definition) is 16. The minimum atomic E-state index is -0.677. The van der Waals surface area contributed by atoms with E-state index in [2.05, 4.69) is 34.1 Å². The molecular weight excluding hydrogens is 1320 g/mol. The number of ether oxygens (including phenoxy) is 7. The van der Waals surface area contributed by atoms with Crippen molar-refractivity contribution in [2.75, 3.05) is 33.3 Å². The number of carbonyl (C=O) groups is 5. The molecular formula is C81H99N11O12. The topological polar surface area (TPSA) is 257 Å². The number of aliphatic imine (C=N–C) groups is 2. The maximum atomic E-state index is 13.7. The van der Waals surface area contributed by atoms with Crippen molar-refractivity contribution in [3.63, 3.8) is 0 Å². The Morgan fingerprint density at radius 1 is 0.471 bits per heavy atom. The molecule has 3 N–H and O–H groups in total. The molecule has 14 rings (SSSR count). The number of piperidine rings is 4. The van der Waals surface area contributed by atoms with Gasteiger partial charge in [-0.1, -0.05) is 46.8 Å². The van der Waals surface area contributed by atoms with Gasteiger partial charge in [-0.25, -0.2) is 24.4 Å². The van der Waals surface area contributed by atoms with Gasteiger partial charge >= 0.3 is 18.3 Å². The highest BCUT2D eigenvalue weighted by molar-refractivity contribution is 6.04. The average Bonchev–Trinajstić information content (AvgIpc) is 1.48. The number of imidazole rings is 2. The first-order valence-corrected chi connectivity index (χ1v) is 37.2. The second-order valence-corrected chi connectivity index (χ2v) is 31.2. The summed E-state index contributed by atoms with van der Waals surface area (Å²) in [6, 6.07) is 22.4. The molecule has 4 saturated heterocycles. The van der Waals surface area contributed by atoms with Gasteiger partial charge in [-0.15, -0.1) is 0 Å². The number of aromatic nitrogens is 4. The number of likely N-dealkylation sites (tertiary alicyclic amines) is 4. The Balaban J connectivity index is 0.000000185. The zero-order valence-corrected chi connectivity index (χ0v) is 62.1. The van der Waals surface area contributed by atoms with Crippen LogP contribution in [-0.4, -0.2) is 144 Å². The van der Waals surface area contributed by atoms with Gasteiger partial charge in [0.15, 0.2) is 46.0 Å².